The molecule has 1 heterocycles. The number of hydrogen-bond donors (Lipinski definition) is 1. The third-order valence-corrected chi connectivity index (χ3v) is 6.50. The standard InChI is InChI=1S/C21H29NO4/c1-26-16-20(15-23)10-12-22(13-11-20)18(14-17-6-3-2-4-7-17)21(19(24)25)8-5-9-21/h2-4,6-7,15,18H,5,8-14,16H2,1H3,(H,24,25). The molecule has 3 rings (SSSR count). The fourth-order valence-corrected chi connectivity index (χ4v) is 4.62. The average molecular weight is 359 g/mol. The lowest BCUT2D eigenvalue weighted by Gasteiger charge is -2.51. The molecule has 5 nitrogen and oxygen atoms in total. The molecule has 1 unspecified atom stereocenters. The quantitative estimate of drug-likeness (QED) is 0.723. The summed E-state index contributed by atoms with van der Waals surface area (Å²) in [6.07, 6.45) is 5.70. The number of rotatable bonds is 8. The zero-order chi connectivity index (χ0) is 18.6. The Hall–Kier alpha value is -1.72. The van der Waals surface area contributed by atoms with E-state index in [1.807, 2.05) is 18.2 Å². The van der Waals surface area contributed by atoms with Gasteiger partial charge in [-0.05, 0) is 50.8 Å². The Bertz CT molecular complexity index is 618. The Morgan fingerprint density at radius 3 is 2.35 bits per heavy atom. The van der Waals surface area contributed by atoms with Crippen molar-refractivity contribution in [3.8, 4) is 0 Å². The van der Waals surface area contributed by atoms with E-state index < -0.39 is 16.8 Å². The Morgan fingerprint density at radius 2 is 1.88 bits per heavy atom. The van der Waals surface area contributed by atoms with Gasteiger partial charge in [-0.3, -0.25) is 9.69 Å². The number of likely N-dealkylation sites (tertiary alicyclic amines) is 1. The fourth-order valence-electron chi connectivity index (χ4n) is 4.62. The van der Waals surface area contributed by atoms with Crippen LogP contribution in [0.2, 0.25) is 0 Å². The predicted molar refractivity (Wildman–Crippen MR) is 99.0 cm³/mol. The van der Waals surface area contributed by atoms with E-state index in [0.717, 1.165) is 57.9 Å². The number of methoxy groups -OCH3 is 1. The molecule has 0 spiro atoms. The van der Waals surface area contributed by atoms with Crippen LogP contribution in [0, 0.1) is 10.8 Å². The first-order chi connectivity index (χ1) is 12.6. The van der Waals surface area contributed by atoms with Gasteiger partial charge in [-0.15, -0.1) is 0 Å². The Balaban J connectivity index is 1.80. The number of ether oxygens (including phenoxy) is 1. The second-order valence-electron chi connectivity index (χ2n) is 7.97. The summed E-state index contributed by atoms with van der Waals surface area (Å²) in [4.78, 5) is 26.1. The number of carbonyl (C=O) groups excluding carboxylic acids is 1. The highest BCUT2D eigenvalue weighted by Gasteiger charge is 2.53. The maximum absolute atomic E-state index is 12.2. The van der Waals surface area contributed by atoms with Gasteiger partial charge >= 0.3 is 5.97 Å². The summed E-state index contributed by atoms with van der Waals surface area (Å²) in [6.45, 7) is 1.93. The molecule has 5 heteroatoms. The number of aldehydes is 1. The minimum Gasteiger partial charge on any atom is -0.481 e. The first kappa shape index (κ1) is 19.1. The van der Waals surface area contributed by atoms with Crippen LogP contribution in [0.4, 0.5) is 0 Å². The number of carboxylic acid groups (broad SMARTS) is 1. The van der Waals surface area contributed by atoms with Crippen molar-refractivity contribution in [2.24, 2.45) is 10.8 Å². The molecule has 142 valence electrons. The molecule has 0 aromatic heterocycles. The molecule has 0 bridgehead atoms. The smallest absolute Gasteiger partial charge is 0.311 e. The first-order valence-corrected chi connectivity index (χ1v) is 9.52. The van der Waals surface area contributed by atoms with Crippen LogP contribution in [0.5, 0.6) is 0 Å². The molecule has 0 radical (unpaired) electrons. The molecule has 2 aliphatic rings. The molecule has 1 N–H and O–H groups in total. The highest BCUT2D eigenvalue weighted by atomic mass is 16.5. The summed E-state index contributed by atoms with van der Waals surface area (Å²) in [5.74, 6) is -0.672. The largest absolute Gasteiger partial charge is 0.481 e. The van der Waals surface area contributed by atoms with Crippen LogP contribution in [0.1, 0.15) is 37.7 Å². The molecule has 1 saturated heterocycles. The van der Waals surface area contributed by atoms with Gasteiger partial charge in [0.2, 0.25) is 0 Å². The van der Waals surface area contributed by atoms with E-state index in [9.17, 15) is 14.7 Å². The normalized spacial score (nSPS) is 23.0. The van der Waals surface area contributed by atoms with Gasteiger partial charge in [-0.2, -0.15) is 0 Å². The monoisotopic (exact) mass is 359 g/mol. The number of carboxylic acids is 1. The van der Waals surface area contributed by atoms with Gasteiger partial charge in [0.25, 0.3) is 0 Å². The maximum atomic E-state index is 12.2. The van der Waals surface area contributed by atoms with Gasteiger partial charge in [0.1, 0.15) is 6.29 Å². The third-order valence-electron chi connectivity index (χ3n) is 6.50. The SMILES string of the molecule is COCC1(C=O)CCN(C(Cc2ccccc2)C2(C(=O)O)CCC2)CC1. The highest BCUT2D eigenvalue weighted by molar-refractivity contribution is 5.77. The van der Waals surface area contributed by atoms with Gasteiger partial charge in [-0.25, -0.2) is 0 Å². The van der Waals surface area contributed by atoms with Crippen LogP contribution in [-0.2, 0) is 20.7 Å². The lowest BCUT2D eigenvalue weighted by atomic mass is 9.61. The van der Waals surface area contributed by atoms with E-state index in [-0.39, 0.29) is 6.04 Å². The van der Waals surface area contributed by atoms with Crippen molar-refractivity contribution in [3.05, 3.63) is 35.9 Å². The number of benzene rings is 1. The van der Waals surface area contributed by atoms with E-state index in [1.165, 1.54) is 5.56 Å². The molecule has 1 aliphatic carbocycles. The number of piperidine rings is 1. The van der Waals surface area contributed by atoms with Crippen molar-refractivity contribution < 1.29 is 19.4 Å². The van der Waals surface area contributed by atoms with Crippen molar-refractivity contribution in [3.63, 3.8) is 0 Å². The number of carbonyl (C=O) groups is 2. The van der Waals surface area contributed by atoms with Crippen molar-refractivity contribution in [1.29, 1.82) is 0 Å². The molecular formula is C21H29NO4. The van der Waals surface area contributed by atoms with Crippen molar-refractivity contribution in [1.82, 2.24) is 4.90 Å². The molecule has 1 saturated carbocycles. The third kappa shape index (κ3) is 3.55. The van der Waals surface area contributed by atoms with Crippen LogP contribution >= 0.6 is 0 Å². The molecule has 1 atom stereocenters. The number of nitrogens with zero attached hydrogens (tertiary/aromatic N) is 1. The predicted octanol–water partition coefficient (Wildman–Crippen LogP) is 2.78. The Morgan fingerprint density at radius 1 is 1.23 bits per heavy atom. The fraction of sp³-hybridized carbons (Fsp3) is 0.619. The topological polar surface area (TPSA) is 66.8 Å². The first-order valence-electron chi connectivity index (χ1n) is 9.52. The van der Waals surface area contributed by atoms with Crippen LogP contribution in [0.3, 0.4) is 0 Å². The van der Waals surface area contributed by atoms with Gasteiger partial charge in [0.05, 0.1) is 17.4 Å². The highest BCUT2D eigenvalue weighted by Crippen LogP contribution is 2.48. The average Bonchev–Trinajstić information content (AvgIpc) is 2.61. The van der Waals surface area contributed by atoms with Crippen molar-refractivity contribution >= 4 is 12.3 Å². The van der Waals surface area contributed by atoms with E-state index in [4.69, 9.17) is 4.74 Å². The maximum Gasteiger partial charge on any atom is 0.311 e. The van der Waals surface area contributed by atoms with E-state index in [0.29, 0.717) is 6.61 Å². The van der Waals surface area contributed by atoms with Gasteiger partial charge in [-0.1, -0.05) is 36.8 Å². The minimum absolute atomic E-state index is 0.0247. The number of aliphatic carboxylic acids is 1. The molecule has 1 aliphatic heterocycles. The van der Waals surface area contributed by atoms with Crippen LogP contribution < -0.4 is 0 Å². The van der Waals surface area contributed by atoms with Crippen LogP contribution in [0.25, 0.3) is 0 Å². The summed E-state index contributed by atoms with van der Waals surface area (Å²) in [6, 6.07) is 10.1. The van der Waals surface area contributed by atoms with E-state index in [2.05, 4.69) is 17.0 Å². The van der Waals surface area contributed by atoms with E-state index in [1.54, 1.807) is 7.11 Å². The lowest BCUT2D eigenvalue weighted by molar-refractivity contribution is -0.163. The second kappa shape index (κ2) is 7.89. The zero-order valence-corrected chi connectivity index (χ0v) is 15.5. The van der Waals surface area contributed by atoms with Gasteiger partial charge in [0, 0.05) is 13.2 Å². The molecule has 1 aromatic carbocycles. The lowest BCUT2D eigenvalue weighted by Crippen LogP contribution is -2.59. The Kier molecular flexibility index (Phi) is 5.78. The molecule has 0 amide bonds. The minimum atomic E-state index is -0.672. The van der Waals surface area contributed by atoms with Crippen molar-refractivity contribution in [2.75, 3.05) is 26.8 Å². The Labute approximate surface area is 155 Å². The molecule has 2 fully saturated rings. The number of hydrogen-bond acceptors (Lipinski definition) is 4. The summed E-state index contributed by atoms with van der Waals surface area (Å²) in [5.41, 5.74) is 0.103. The van der Waals surface area contributed by atoms with Crippen molar-refractivity contribution in [2.45, 2.75) is 44.6 Å². The molecule has 1 aromatic rings. The van der Waals surface area contributed by atoms with Crippen LogP contribution in [-0.4, -0.2) is 55.1 Å². The summed E-state index contributed by atoms with van der Waals surface area (Å²) >= 11 is 0. The van der Waals surface area contributed by atoms with Crippen LogP contribution in [0.15, 0.2) is 30.3 Å². The summed E-state index contributed by atoms with van der Waals surface area (Å²) in [7, 11) is 1.63. The van der Waals surface area contributed by atoms with E-state index >= 15 is 0 Å². The summed E-state index contributed by atoms with van der Waals surface area (Å²) < 4.78 is 5.26. The zero-order valence-electron chi connectivity index (χ0n) is 15.5. The summed E-state index contributed by atoms with van der Waals surface area (Å²) in [5, 5.41) is 9.99. The van der Waals surface area contributed by atoms with Gasteiger partial charge in [0.15, 0.2) is 0 Å². The second-order valence-corrected chi connectivity index (χ2v) is 7.97. The molecule has 26 heavy (non-hydrogen) atoms. The molecular weight excluding hydrogens is 330 g/mol. The van der Waals surface area contributed by atoms with Gasteiger partial charge < -0.3 is 14.6 Å².